The van der Waals surface area contributed by atoms with Gasteiger partial charge in [-0.05, 0) is 6.92 Å². The van der Waals surface area contributed by atoms with Crippen LogP contribution in [0.2, 0.25) is 0 Å². The van der Waals surface area contributed by atoms with Crippen molar-refractivity contribution in [1.82, 2.24) is 10.2 Å². The van der Waals surface area contributed by atoms with E-state index >= 15 is 0 Å². The van der Waals surface area contributed by atoms with Gasteiger partial charge < -0.3 is 25.2 Å². The Morgan fingerprint density at radius 3 is 2.79 bits per heavy atom. The van der Waals surface area contributed by atoms with Crippen LogP contribution in [0.1, 0.15) is 13.3 Å². The molecule has 0 unspecified atom stereocenters. The van der Waals surface area contributed by atoms with Gasteiger partial charge in [0.05, 0.1) is 19.3 Å². The molecule has 3 N–H and O–H groups in total. The smallest absolute Gasteiger partial charge is 0.326 e. The first-order valence-electron chi connectivity index (χ1n) is 6.09. The number of ether oxygens (including phenoxy) is 1. The van der Waals surface area contributed by atoms with Crippen molar-refractivity contribution in [3.63, 3.8) is 0 Å². The Balaban J connectivity index is 2.32. The molecule has 0 aromatic heterocycles. The van der Waals surface area contributed by atoms with Crippen molar-refractivity contribution < 1.29 is 24.5 Å². The fourth-order valence-corrected chi connectivity index (χ4v) is 1.85. The number of carboxylic acid groups (broad SMARTS) is 1. The number of β-amino-alcohol motifs (C(OH)–C–C–N with tert-alkyl or cyclic N) is 1. The summed E-state index contributed by atoms with van der Waals surface area (Å²) in [6.45, 7) is 6.58. The molecule has 1 saturated heterocycles. The maximum absolute atomic E-state index is 11.8. The Morgan fingerprint density at radius 1 is 1.53 bits per heavy atom. The molecule has 7 nitrogen and oxygen atoms in total. The molecule has 1 rings (SSSR count). The van der Waals surface area contributed by atoms with Crippen molar-refractivity contribution in [3.8, 4) is 0 Å². The van der Waals surface area contributed by atoms with E-state index in [1.807, 2.05) is 6.92 Å². The molecule has 0 bridgehead atoms. The van der Waals surface area contributed by atoms with Gasteiger partial charge in [-0.15, -0.1) is 0 Å². The second kappa shape index (κ2) is 7.10. The first-order valence-corrected chi connectivity index (χ1v) is 6.09. The van der Waals surface area contributed by atoms with Crippen LogP contribution in [0.3, 0.4) is 0 Å². The number of nitrogens with zero attached hydrogens (tertiary/aromatic N) is 1. The third-order valence-electron chi connectivity index (χ3n) is 2.70. The summed E-state index contributed by atoms with van der Waals surface area (Å²) in [6, 6.07) is -1.46. The molecule has 0 saturated carbocycles. The lowest BCUT2D eigenvalue weighted by Gasteiger charge is -2.21. The van der Waals surface area contributed by atoms with E-state index < -0.39 is 24.1 Å². The highest BCUT2D eigenvalue weighted by molar-refractivity contribution is 5.83. The normalized spacial score (nSPS) is 22.3. The summed E-state index contributed by atoms with van der Waals surface area (Å²) in [5, 5.41) is 20.9. The van der Waals surface area contributed by atoms with Crippen LogP contribution < -0.4 is 5.32 Å². The molecular weight excluding hydrogens is 252 g/mol. The van der Waals surface area contributed by atoms with Gasteiger partial charge in [0.25, 0.3) is 0 Å². The van der Waals surface area contributed by atoms with Crippen molar-refractivity contribution in [3.05, 3.63) is 12.2 Å². The monoisotopic (exact) mass is 272 g/mol. The van der Waals surface area contributed by atoms with Gasteiger partial charge in [-0.25, -0.2) is 9.59 Å². The number of nitrogens with one attached hydrogen (secondary N) is 1. The molecule has 0 aromatic carbocycles. The van der Waals surface area contributed by atoms with Gasteiger partial charge in [-0.2, -0.15) is 0 Å². The summed E-state index contributed by atoms with van der Waals surface area (Å²) in [6.07, 6.45) is -0.721. The number of likely N-dealkylation sites (tertiary alicyclic amines) is 1. The van der Waals surface area contributed by atoms with E-state index in [2.05, 4.69) is 11.9 Å². The number of aliphatic hydroxyl groups is 1. The predicted molar refractivity (Wildman–Crippen MR) is 67.8 cm³/mol. The number of rotatable bonds is 6. The summed E-state index contributed by atoms with van der Waals surface area (Å²) in [7, 11) is 0. The highest BCUT2D eigenvalue weighted by atomic mass is 16.5. The molecule has 1 fully saturated rings. The van der Waals surface area contributed by atoms with Crippen molar-refractivity contribution >= 4 is 12.0 Å². The van der Waals surface area contributed by atoms with E-state index in [-0.39, 0.29) is 19.5 Å². The highest BCUT2D eigenvalue weighted by Gasteiger charge is 2.38. The Kier molecular flexibility index (Phi) is 5.78. The number of aliphatic hydroxyl groups excluding tert-OH is 1. The van der Waals surface area contributed by atoms with E-state index in [1.165, 1.54) is 0 Å². The van der Waals surface area contributed by atoms with Gasteiger partial charge >= 0.3 is 12.0 Å². The van der Waals surface area contributed by atoms with Crippen LogP contribution in [-0.4, -0.2) is 65.6 Å². The lowest BCUT2D eigenvalue weighted by Crippen LogP contribution is -2.46. The summed E-state index contributed by atoms with van der Waals surface area (Å²) < 4.78 is 5.21. The molecule has 2 atom stereocenters. The molecule has 1 heterocycles. The average molecular weight is 272 g/mol. The lowest BCUT2D eigenvalue weighted by molar-refractivity contribution is -0.141. The molecule has 19 heavy (non-hydrogen) atoms. The third kappa shape index (κ3) is 4.88. The van der Waals surface area contributed by atoms with E-state index in [4.69, 9.17) is 9.84 Å². The zero-order valence-electron chi connectivity index (χ0n) is 11.0. The molecule has 108 valence electrons. The van der Waals surface area contributed by atoms with Gasteiger partial charge in [-0.1, -0.05) is 12.2 Å². The number of urea groups is 1. The van der Waals surface area contributed by atoms with Crippen molar-refractivity contribution in [2.75, 3.05) is 26.3 Å². The summed E-state index contributed by atoms with van der Waals surface area (Å²) in [4.78, 5) is 23.8. The van der Waals surface area contributed by atoms with Crippen LogP contribution in [0.4, 0.5) is 4.79 Å². The Bertz CT molecular complexity index is 358. The molecule has 0 radical (unpaired) electrons. The highest BCUT2D eigenvalue weighted by Crippen LogP contribution is 2.17. The number of hydrogen-bond donors (Lipinski definition) is 3. The SMILES string of the molecule is C=C(C)COCCNC(=O)N1C[C@@H](O)C[C@H]1C(=O)O. The maximum Gasteiger partial charge on any atom is 0.326 e. The lowest BCUT2D eigenvalue weighted by atomic mass is 10.2. The minimum absolute atomic E-state index is 0.0371. The molecule has 2 amide bonds. The molecule has 0 aromatic rings. The number of hydrogen-bond acceptors (Lipinski definition) is 4. The number of amides is 2. The zero-order chi connectivity index (χ0) is 14.4. The maximum atomic E-state index is 11.8. The van der Waals surface area contributed by atoms with Crippen LogP contribution in [0.5, 0.6) is 0 Å². The second-order valence-corrected chi connectivity index (χ2v) is 4.64. The number of aliphatic carboxylic acids is 1. The van der Waals surface area contributed by atoms with Crippen LogP contribution in [-0.2, 0) is 9.53 Å². The van der Waals surface area contributed by atoms with E-state index in [9.17, 15) is 14.7 Å². The van der Waals surface area contributed by atoms with Gasteiger partial charge in [0.15, 0.2) is 0 Å². The fraction of sp³-hybridized carbons (Fsp3) is 0.667. The minimum atomic E-state index is -1.11. The fourth-order valence-electron chi connectivity index (χ4n) is 1.85. The van der Waals surface area contributed by atoms with Gasteiger partial charge in [0.2, 0.25) is 0 Å². The van der Waals surface area contributed by atoms with Crippen molar-refractivity contribution in [1.29, 1.82) is 0 Å². The van der Waals surface area contributed by atoms with Crippen molar-refractivity contribution in [2.24, 2.45) is 0 Å². The van der Waals surface area contributed by atoms with Gasteiger partial charge in [-0.3, -0.25) is 0 Å². The minimum Gasteiger partial charge on any atom is -0.480 e. The summed E-state index contributed by atoms with van der Waals surface area (Å²) in [5.41, 5.74) is 0.889. The molecule has 0 spiro atoms. The van der Waals surface area contributed by atoms with Gasteiger partial charge in [0.1, 0.15) is 6.04 Å². The van der Waals surface area contributed by atoms with Crippen LogP contribution in [0.25, 0.3) is 0 Å². The molecule has 1 aliphatic heterocycles. The van der Waals surface area contributed by atoms with Crippen LogP contribution in [0.15, 0.2) is 12.2 Å². The average Bonchev–Trinajstić information content (AvgIpc) is 2.70. The Labute approximate surface area is 111 Å². The number of carbonyl (C=O) groups excluding carboxylic acids is 1. The summed E-state index contributed by atoms with van der Waals surface area (Å²) >= 11 is 0. The van der Waals surface area contributed by atoms with Crippen LogP contribution >= 0.6 is 0 Å². The largest absolute Gasteiger partial charge is 0.480 e. The van der Waals surface area contributed by atoms with E-state index in [0.29, 0.717) is 13.2 Å². The van der Waals surface area contributed by atoms with E-state index in [1.54, 1.807) is 0 Å². The second-order valence-electron chi connectivity index (χ2n) is 4.64. The van der Waals surface area contributed by atoms with Gasteiger partial charge in [0, 0.05) is 19.5 Å². The standard InChI is InChI=1S/C12H20N2O5/c1-8(2)7-19-4-3-13-12(18)14-6-9(15)5-10(14)11(16)17/h9-10,15H,1,3-7H2,2H3,(H,13,18)(H,16,17)/t9-,10-/m0/s1. The first kappa shape index (κ1) is 15.5. The Morgan fingerprint density at radius 2 is 2.21 bits per heavy atom. The predicted octanol–water partition coefficient (Wildman–Crippen LogP) is -0.191. The van der Waals surface area contributed by atoms with E-state index in [0.717, 1.165) is 10.5 Å². The third-order valence-corrected chi connectivity index (χ3v) is 2.70. The number of carboxylic acids is 1. The topological polar surface area (TPSA) is 99.1 Å². The number of carbonyl (C=O) groups is 2. The molecular formula is C12H20N2O5. The molecule has 0 aliphatic carbocycles. The van der Waals surface area contributed by atoms with Crippen LogP contribution in [0, 0.1) is 0 Å². The molecule has 7 heteroatoms. The first-order chi connectivity index (χ1) is 8.91. The quantitative estimate of drug-likeness (QED) is 0.460. The molecule has 1 aliphatic rings. The Hall–Kier alpha value is -1.60. The summed E-state index contributed by atoms with van der Waals surface area (Å²) in [5.74, 6) is -1.11. The zero-order valence-corrected chi connectivity index (χ0v) is 11.0. The van der Waals surface area contributed by atoms with Crippen molar-refractivity contribution in [2.45, 2.75) is 25.5 Å².